The van der Waals surface area contributed by atoms with Crippen LogP contribution in [-0.2, 0) is 0 Å². The summed E-state index contributed by atoms with van der Waals surface area (Å²) in [4.78, 5) is 19.3. The van der Waals surface area contributed by atoms with Crippen molar-refractivity contribution in [3.63, 3.8) is 0 Å². The van der Waals surface area contributed by atoms with Crippen molar-refractivity contribution >= 4 is 11.1 Å². The number of benzene rings is 5. The molecule has 0 amide bonds. The Morgan fingerprint density at radius 1 is 0.359 bits per heavy atom. The lowest BCUT2D eigenvalue weighted by Gasteiger charge is -2.09. The summed E-state index contributed by atoms with van der Waals surface area (Å²) in [6.07, 6.45) is 0. The number of oxazole rings is 1. The lowest BCUT2D eigenvalue weighted by Crippen LogP contribution is -2.00. The molecule has 5 heteroatoms. The standard InChI is InChI=1S/C34H22N4O/c1-4-11-24(12-5-1)31-36-32(25-13-6-2-7-14-25)38-33(37-31)26-21-19-23(20-22-26)28-17-10-18-29-30(28)35-34(39-29)27-15-8-3-9-16-27/h1-22H. The molecule has 7 aromatic rings. The zero-order valence-corrected chi connectivity index (χ0v) is 20.9. The number of nitrogens with zero attached hydrogens (tertiary/aromatic N) is 4. The average molecular weight is 503 g/mol. The Kier molecular flexibility index (Phi) is 5.72. The van der Waals surface area contributed by atoms with Gasteiger partial charge in [-0.2, -0.15) is 0 Å². The first-order valence-electron chi connectivity index (χ1n) is 12.7. The molecular formula is C34H22N4O. The number of hydrogen-bond acceptors (Lipinski definition) is 5. The van der Waals surface area contributed by atoms with Gasteiger partial charge in [0.1, 0.15) is 5.52 Å². The van der Waals surface area contributed by atoms with Gasteiger partial charge in [0.15, 0.2) is 23.1 Å². The summed E-state index contributed by atoms with van der Waals surface area (Å²) >= 11 is 0. The van der Waals surface area contributed by atoms with Crippen LogP contribution in [-0.4, -0.2) is 19.9 Å². The second kappa shape index (κ2) is 9.80. The van der Waals surface area contributed by atoms with Crippen LogP contribution in [0, 0.1) is 0 Å². The highest BCUT2D eigenvalue weighted by Crippen LogP contribution is 2.33. The molecule has 0 bridgehead atoms. The second-order valence-electron chi connectivity index (χ2n) is 9.15. The van der Waals surface area contributed by atoms with Crippen molar-refractivity contribution < 1.29 is 4.42 Å². The van der Waals surface area contributed by atoms with Crippen LogP contribution in [0.5, 0.6) is 0 Å². The zero-order valence-electron chi connectivity index (χ0n) is 20.9. The molecule has 0 radical (unpaired) electrons. The fourth-order valence-corrected chi connectivity index (χ4v) is 4.62. The van der Waals surface area contributed by atoms with Gasteiger partial charge in [0, 0.05) is 27.8 Å². The number of rotatable bonds is 5. The van der Waals surface area contributed by atoms with Gasteiger partial charge in [-0.15, -0.1) is 0 Å². The maximum absolute atomic E-state index is 6.08. The van der Waals surface area contributed by atoms with Gasteiger partial charge in [-0.1, -0.05) is 115 Å². The Morgan fingerprint density at radius 2 is 0.821 bits per heavy atom. The van der Waals surface area contributed by atoms with E-state index in [4.69, 9.17) is 24.4 Å². The lowest BCUT2D eigenvalue weighted by atomic mass is 10.0. The van der Waals surface area contributed by atoms with Gasteiger partial charge in [-0.3, -0.25) is 0 Å². The van der Waals surface area contributed by atoms with E-state index >= 15 is 0 Å². The molecule has 7 rings (SSSR count). The van der Waals surface area contributed by atoms with E-state index in [2.05, 4.69) is 18.2 Å². The Hall–Kier alpha value is -5.42. The van der Waals surface area contributed by atoms with Gasteiger partial charge in [-0.05, 0) is 23.8 Å². The van der Waals surface area contributed by atoms with E-state index in [-0.39, 0.29) is 0 Å². The Balaban J connectivity index is 1.29. The minimum atomic E-state index is 0.613. The fourth-order valence-electron chi connectivity index (χ4n) is 4.62. The molecule has 0 unspecified atom stereocenters. The van der Waals surface area contributed by atoms with Crippen molar-refractivity contribution in [2.75, 3.05) is 0 Å². The van der Waals surface area contributed by atoms with Gasteiger partial charge in [0.2, 0.25) is 5.89 Å². The minimum absolute atomic E-state index is 0.613. The molecule has 5 nitrogen and oxygen atoms in total. The van der Waals surface area contributed by atoms with Crippen molar-refractivity contribution in [3.05, 3.63) is 133 Å². The minimum Gasteiger partial charge on any atom is -0.436 e. The van der Waals surface area contributed by atoms with E-state index in [1.54, 1.807) is 0 Å². The molecule has 0 N–H and O–H groups in total. The third-order valence-corrected chi connectivity index (χ3v) is 6.59. The fraction of sp³-hybridized carbons (Fsp3) is 0. The predicted molar refractivity (Wildman–Crippen MR) is 155 cm³/mol. The van der Waals surface area contributed by atoms with E-state index in [1.165, 1.54) is 0 Å². The Bertz CT molecular complexity index is 1820. The van der Waals surface area contributed by atoms with Crippen molar-refractivity contribution in [1.82, 2.24) is 19.9 Å². The van der Waals surface area contributed by atoms with Gasteiger partial charge in [0.05, 0.1) is 0 Å². The third-order valence-electron chi connectivity index (χ3n) is 6.59. The van der Waals surface area contributed by atoms with Crippen LogP contribution in [0.4, 0.5) is 0 Å². The van der Waals surface area contributed by atoms with Gasteiger partial charge in [-0.25, -0.2) is 19.9 Å². The van der Waals surface area contributed by atoms with Crippen molar-refractivity contribution in [2.24, 2.45) is 0 Å². The maximum Gasteiger partial charge on any atom is 0.227 e. The molecule has 0 fully saturated rings. The van der Waals surface area contributed by atoms with Gasteiger partial charge >= 0.3 is 0 Å². The molecule has 0 spiro atoms. The molecule has 0 aliphatic rings. The molecule has 0 aliphatic carbocycles. The van der Waals surface area contributed by atoms with E-state index in [0.29, 0.717) is 23.4 Å². The van der Waals surface area contributed by atoms with Crippen LogP contribution in [0.15, 0.2) is 138 Å². The summed E-state index contributed by atoms with van der Waals surface area (Å²) in [7, 11) is 0. The SMILES string of the molecule is c1ccc(-c2nc(-c3ccccc3)nc(-c3ccc(-c4cccc5oc(-c6ccccc6)nc45)cc3)n2)cc1. The molecule has 0 saturated carbocycles. The largest absolute Gasteiger partial charge is 0.436 e. The first-order valence-corrected chi connectivity index (χ1v) is 12.7. The van der Waals surface area contributed by atoms with Crippen LogP contribution in [0.1, 0.15) is 0 Å². The monoisotopic (exact) mass is 502 g/mol. The van der Waals surface area contributed by atoms with Crippen molar-refractivity contribution in [1.29, 1.82) is 0 Å². The first kappa shape index (κ1) is 22.8. The molecule has 2 heterocycles. The molecule has 5 aromatic carbocycles. The summed E-state index contributed by atoms with van der Waals surface area (Å²) in [5, 5.41) is 0. The molecule has 0 saturated heterocycles. The summed E-state index contributed by atoms with van der Waals surface area (Å²) in [5.41, 5.74) is 7.40. The molecule has 0 aliphatic heterocycles. The Morgan fingerprint density at radius 3 is 1.36 bits per heavy atom. The quantitative estimate of drug-likeness (QED) is 0.237. The topological polar surface area (TPSA) is 64.7 Å². The highest BCUT2D eigenvalue weighted by molar-refractivity contribution is 5.92. The van der Waals surface area contributed by atoms with Crippen LogP contribution in [0.3, 0.4) is 0 Å². The van der Waals surface area contributed by atoms with E-state index in [0.717, 1.165) is 44.5 Å². The number of para-hydroxylation sites is 1. The maximum atomic E-state index is 6.08. The summed E-state index contributed by atoms with van der Waals surface area (Å²) in [6, 6.07) is 44.2. The summed E-state index contributed by atoms with van der Waals surface area (Å²) < 4.78 is 6.08. The summed E-state index contributed by atoms with van der Waals surface area (Å²) in [6.45, 7) is 0. The van der Waals surface area contributed by atoms with Crippen LogP contribution in [0.25, 0.3) is 67.8 Å². The van der Waals surface area contributed by atoms with Gasteiger partial charge < -0.3 is 4.42 Å². The molecular weight excluding hydrogens is 480 g/mol. The van der Waals surface area contributed by atoms with E-state index in [1.807, 2.05) is 115 Å². The van der Waals surface area contributed by atoms with E-state index in [9.17, 15) is 0 Å². The van der Waals surface area contributed by atoms with Crippen LogP contribution in [0.2, 0.25) is 0 Å². The zero-order chi connectivity index (χ0) is 26.0. The number of aromatic nitrogens is 4. The number of hydrogen-bond donors (Lipinski definition) is 0. The summed E-state index contributed by atoms with van der Waals surface area (Å²) in [5.74, 6) is 2.52. The highest BCUT2D eigenvalue weighted by Gasteiger charge is 2.15. The van der Waals surface area contributed by atoms with E-state index < -0.39 is 0 Å². The Labute approximate surface area is 225 Å². The first-order chi connectivity index (χ1) is 19.3. The third kappa shape index (κ3) is 4.47. The predicted octanol–water partition coefficient (Wildman–Crippen LogP) is 8.35. The number of fused-ring (bicyclic) bond motifs is 1. The smallest absolute Gasteiger partial charge is 0.227 e. The van der Waals surface area contributed by atoms with Crippen LogP contribution >= 0.6 is 0 Å². The molecule has 184 valence electrons. The molecule has 39 heavy (non-hydrogen) atoms. The average Bonchev–Trinajstić information content (AvgIpc) is 3.47. The molecule has 2 aromatic heterocycles. The molecule has 0 atom stereocenters. The van der Waals surface area contributed by atoms with Crippen molar-refractivity contribution in [2.45, 2.75) is 0 Å². The normalized spacial score (nSPS) is 11.1. The van der Waals surface area contributed by atoms with Crippen molar-refractivity contribution in [3.8, 4) is 56.7 Å². The van der Waals surface area contributed by atoms with Crippen LogP contribution < -0.4 is 0 Å². The van der Waals surface area contributed by atoms with Gasteiger partial charge in [0.25, 0.3) is 0 Å². The lowest BCUT2D eigenvalue weighted by molar-refractivity contribution is 0.620. The second-order valence-corrected chi connectivity index (χ2v) is 9.15. The highest BCUT2D eigenvalue weighted by atomic mass is 16.3.